The van der Waals surface area contributed by atoms with Crippen molar-refractivity contribution in [3.63, 3.8) is 0 Å². The molecule has 86 valence electrons. The fourth-order valence-corrected chi connectivity index (χ4v) is 1.22. The highest BCUT2D eigenvalue weighted by Crippen LogP contribution is 2.08. The molecular weight excluding hydrogens is 204 g/mol. The summed E-state index contributed by atoms with van der Waals surface area (Å²) in [7, 11) is 1.64. The van der Waals surface area contributed by atoms with Gasteiger partial charge in [-0.05, 0) is 23.8 Å². The number of aliphatic hydroxyl groups excluding tert-OH is 1. The van der Waals surface area contributed by atoms with Crippen LogP contribution in [0.2, 0.25) is 0 Å². The van der Waals surface area contributed by atoms with Gasteiger partial charge in [-0.1, -0.05) is 12.1 Å². The maximum Gasteiger partial charge on any atom is 0.246 e. The fraction of sp³-hybridized carbons (Fsp3) is 0.250. The molecule has 0 bridgehead atoms. The van der Waals surface area contributed by atoms with Gasteiger partial charge in [0.2, 0.25) is 5.91 Å². The number of aliphatic hydroxyl groups is 1. The summed E-state index contributed by atoms with van der Waals surface area (Å²) in [5, 5.41) is 8.67. The van der Waals surface area contributed by atoms with Crippen molar-refractivity contribution in [2.45, 2.75) is 0 Å². The molecule has 0 aliphatic rings. The Balaban J connectivity index is 2.63. The van der Waals surface area contributed by atoms with Crippen molar-refractivity contribution in [1.29, 1.82) is 0 Å². The van der Waals surface area contributed by atoms with Gasteiger partial charge in [-0.2, -0.15) is 0 Å². The number of hydrogen-bond acceptors (Lipinski definition) is 3. The van der Waals surface area contributed by atoms with Gasteiger partial charge in [0.1, 0.15) is 0 Å². The summed E-state index contributed by atoms with van der Waals surface area (Å²) in [5.74, 6) is -0.142. The van der Waals surface area contributed by atoms with E-state index in [0.29, 0.717) is 12.2 Å². The molecule has 0 radical (unpaired) electrons. The smallest absolute Gasteiger partial charge is 0.246 e. The Hall–Kier alpha value is -1.81. The Morgan fingerprint density at radius 3 is 2.94 bits per heavy atom. The molecule has 0 heterocycles. The maximum atomic E-state index is 11.5. The van der Waals surface area contributed by atoms with Crippen molar-refractivity contribution < 1.29 is 9.90 Å². The third-order valence-corrected chi connectivity index (χ3v) is 2.14. The summed E-state index contributed by atoms with van der Waals surface area (Å²) in [4.78, 5) is 12.9. The first-order chi connectivity index (χ1) is 7.63. The molecule has 0 unspecified atom stereocenters. The van der Waals surface area contributed by atoms with Crippen molar-refractivity contribution in [3.05, 3.63) is 35.9 Å². The van der Waals surface area contributed by atoms with E-state index in [0.717, 1.165) is 5.56 Å². The van der Waals surface area contributed by atoms with Crippen molar-refractivity contribution >= 4 is 17.7 Å². The van der Waals surface area contributed by atoms with Gasteiger partial charge in [0.05, 0.1) is 6.61 Å². The molecule has 1 rings (SSSR count). The normalized spacial score (nSPS) is 10.6. The van der Waals surface area contributed by atoms with E-state index in [1.165, 1.54) is 11.0 Å². The molecule has 0 saturated carbocycles. The van der Waals surface area contributed by atoms with Gasteiger partial charge >= 0.3 is 0 Å². The van der Waals surface area contributed by atoms with Crippen LogP contribution in [0.15, 0.2) is 30.3 Å². The van der Waals surface area contributed by atoms with Crippen LogP contribution >= 0.6 is 0 Å². The zero-order chi connectivity index (χ0) is 12.0. The Morgan fingerprint density at radius 2 is 2.31 bits per heavy atom. The second-order valence-electron chi connectivity index (χ2n) is 3.49. The number of nitrogen functional groups attached to an aromatic ring is 1. The highest BCUT2D eigenvalue weighted by molar-refractivity contribution is 5.91. The van der Waals surface area contributed by atoms with E-state index < -0.39 is 0 Å². The van der Waals surface area contributed by atoms with Crippen molar-refractivity contribution in [3.8, 4) is 0 Å². The number of likely N-dealkylation sites (N-methyl/N-ethyl adjacent to an activating group) is 1. The molecule has 1 aromatic rings. The average molecular weight is 220 g/mol. The Kier molecular flexibility index (Phi) is 4.54. The van der Waals surface area contributed by atoms with E-state index in [4.69, 9.17) is 10.8 Å². The van der Waals surface area contributed by atoms with E-state index in [1.54, 1.807) is 25.3 Å². The first-order valence-corrected chi connectivity index (χ1v) is 5.03. The monoisotopic (exact) mass is 220 g/mol. The fourth-order valence-electron chi connectivity index (χ4n) is 1.22. The topological polar surface area (TPSA) is 66.6 Å². The minimum atomic E-state index is -0.142. The maximum absolute atomic E-state index is 11.5. The molecule has 0 aliphatic carbocycles. The largest absolute Gasteiger partial charge is 0.399 e. The van der Waals surface area contributed by atoms with Gasteiger partial charge in [-0.25, -0.2) is 0 Å². The van der Waals surface area contributed by atoms with Gasteiger partial charge < -0.3 is 15.7 Å². The van der Waals surface area contributed by atoms with Crippen LogP contribution in [0, 0.1) is 0 Å². The summed E-state index contributed by atoms with van der Waals surface area (Å²) < 4.78 is 0. The van der Waals surface area contributed by atoms with E-state index in [1.807, 2.05) is 12.1 Å². The number of hydrogen-bond donors (Lipinski definition) is 2. The number of carbonyl (C=O) groups excluding carboxylic acids is 1. The van der Waals surface area contributed by atoms with Gasteiger partial charge in [0.15, 0.2) is 0 Å². The molecule has 4 heteroatoms. The lowest BCUT2D eigenvalue weighted by molar-refractivity contribution is -0.125. The molecule has 0 atom stereocenters. The molecule has 0 saturated heterocycles. The Bertz CT molecular complexity index is 388. The Labute approximate surface area is 95.0 Å². The zero-order valence-corrected chi connectivity index (χ0v) is 9.26. The molecular formula is C12H16N2O2. The quantitative estimate of drug-likeness (QED) is 0.580. The molecule has 0 fully saturated rings. The third-order valence-electron chi connectivity index (χ3n) is 2.14. The molecule has 4 nitrogen and oxygen atoms in total. The number of amides is 1. The second-order valence-corrected chi connectivity index (χ2v) is 3.49. The predicted octanol–water partition coefficient (Wildman–Crippen LogP) is 0.733. The predicted molar refractivity (Wildman–Crippen MR) is 64.6 cm³/mol. The van der Waals surface area contributed by atoms with Crippen molar-refractivity contribution in [2.75, 3.05) is 25.9 Å². The number of benzene rings is 1. The molecule has 0 spiro atoms. The molecule has 0 aromatic heterocycles. The minimum Gasteiger partial charge on any atom is -0.399 e. The first-order valence-electron chi connectivity index (χ1n) is 5.03. The summed E-state index contributed by atoms with van der Waals surface area (Å²) in [6.45, 7) is 0.300. The second kappa shape index (κ2) is 5.92. The van der Waals surface area contributed by atoms with Crippen LogP contribution < -0.4 is 5.73 Å². The third kappa shape index (κ3) is 3.74. The van der Waals surface area contributed by atoms with Gasteiger partial charge in [0.25, 0.3) is 0 Å². The van der Waals surface area contributed by atoms with Crippen LogP contribution in [0.5, 0.6) is 0 Å². The summed E-state index contributed by atoms with van der Waals surface area (Å²) >= 11 is 0. The van der Waals surface area contributed by atoms with Crippen LogP contribution in [0.4, 0.5) is 5.69 Å². The van der Waals surface area contributed by atoms with Crippen LogP contribution in [-0.4, -0.2) is 36.1 Å². The summed E-state index contributed by atoms with van der Waals surface area (Å²) in [6, 6.07) is 7.27. The lowest BCUT2D eigenvalue weighted by Gasteiger charge is -2.12. The first kappa shape index (κ1) is 12.3. The minimum absolute atomic E-state index is 0.0334. The molecule has 3 N–H and O–H groups in total. The van der Waals surface area contributed by atoms with Gasteiger partial charge in [0, 0.05) is 25.4 Å². The van der Waals surface area contributed by atoms with Crippen molar-refractivity contribution in [2.24, 2.45) is 0 Å². The standard InChI is InChI=1S/C12H16N2O2/c1-14(7-8-15)12(16)6-5-10-3-2-4-11(13)9-10/h2-6,9,15H,7-8,13H2,1H3/b6-5+. The van der Waals surface area contributed by atoms with Crippen LogP contribution in [0.25, 0.3) is 6.08 Å². The zero-order valence-electron chi connectivity index (χ0n) is 9.26. The number of rotatable bonds is 4. The molecule has 1 aromatic carbocycles. The average Bonchev–Trinajstić information content (AvgIpc) is 2.26. The van der Waals surface area contributed by atoms with E-state index >= 15 is 0 Å². The number of carbonyl (C=O) groups is 1. The molecule has 0 aliphatic heterocycles. The number of anilines is 1. The highest BCUT2D eigenvalue weighted by Gasteiger charge is 2.02. The SMILES string of the molecule is CN(CCO)C(=O)/C=C/c1cccc(N)c1. The molecule has 1 amide bonds. The number of nitrogens with two attached hydrogens (primary N) is 1. The number of nitrogens with zero attached hydrogens (tertiary/aromatic N) is 1. The Morgan fingerprint density at radius 1 is 1.56 bits per heavy atom. The van der Waals surface area contributed by atoms with Crippen LogP contribution in [0.1, 0.15) is 5.56 Å². The van der Waals surface area contributed by atoms with E-state index in [9.17, 15) is 4.79 Å². The lowest BCUT2D eigenvalue weighted by Crippen LogP contribution is -2.27. The summed E-state index contributed by atoms with van der Waals surface area (Å²) in [5.41, 5.74) is 7.16. The van der Waals surface area contributed by atoms with E-state index in [-0.39, 0.29) is 12.5 Å². The van der Waals surface area contributed by atoms with Gasteiger partial charge in [-0.15, -0.1) is 0 Å². The van der Waals surface area contributed by atoms with Crippen LogP contribution in [-0.2, 0) is 4.79 Å². The van der Waals surface area contributed by atoms with Crippen LogP contribution in [0.3, 0.4) is 0 Å². The highest BCUT2D eigenvalue weighted by atomic mass is 16.3. The molecule has 16 heavy (non-hydrogen) atoms. The lowest BCUT2D eigenvalue weighted by atomic mass is 10.2. The van der Waals surface area contributed by atoms with E-state index in [2.05, 4.69) is 0 Å². The van der Waals surface area contributed by atoms with Gasteiger partial charge in [-0.3, -0.25) is 4.79 Å². The van der Waals surface area contributed by atoms with Crippen molar-refractivity contribution in [1.82, 2.24) is 4.90 Å². The summed E-state index contributed by atoms with van der Waals surface area (Å²) in [6.07, 6.45) is 3.16.